The van der Waals surface area contributed by atoms with Crippen molar-refractivity contribution >= 4 is 5.91 Å². The Morgan fingerprint density at radius 2 is 1.92 bits per heavy atom. The second-order valence-electron chi connectivity index (χ2n) is 7.57. The summed E-state index contributed by atoms with van der Waals surface area (Å²) in [6.45, 7) is 5.11. The predicted molar refractivity (Wildman–Crippen MR) is 104 cm³/mol. The number of carbonyl (C=O) groups is 1. The lowest BCUT2D eigenvalue weighted by molar-refractivity contribution is -0.121. The van der Waals surface area contributed by atoms with Gasteiger partial charge in [-0.15, -0.1) is 0 Å². The molecule has 0 spiro atoms. The third kappa shape index (κ3) is 5.45. The number of amides is 1. The Hall–Kier alpha value is -1.59. The van der Waals surface area contributed by atoms with Crippen molar-refractivity contribution < 1.29 is 9.53 Å². The van der Waals surface area contributed by atoms with E-state index in [-0.39, 0.29) is 11.9 Å². The van der Waals surface area contributed by atoms with E-state index in [9.17, 15) is 4.79 Å². The predicted octanol–water partition coefficient (Wildman–Crippen LogP) is 2.73. The minimum Gasteiger partial charge on any atom is -0.497 e. The van der Waals surface area contributed by atoms with E-state index in [4.69, 9.17) is 4.74 Å². The fraction of sp³-hybridized carbons (Fsp3) is 0.667. The topological polar surface area (TPSA) is 53.6 Å². The van der Waals surface area contributed by atoms with Crippen LogP contribution >= 0.6 is 0 Å². The largest absolute Gasteiger partial charge is 0.497 e. The molecule has 2 saturated heterocycles. The molecule has 3 rings (SSSR count). The minimum atomic E-state index is 0.196. The van der Waals surface area contributed by atoms with Crippen molar-refractivity contribution in [3.63, 3.8) is 0 Å². The number of benzene rings is 1. The summed E-state index contributed by atoms with van der Waals surface area (Å²) in [5, 5.41) is 6.58. The molecule has 26 heavy (non-hydrogen) atoms. The van der Waals surface area contributed by atoms with Gasteiger partial charge in [-0.2, -0.15) is 0 Å². The summed E-state index contributed by atoms with van der Waals surface area (Å²) >= 11 is 0. The number of piperidine rings is 1. The van der Waals surface area contributed by atoms with Gasteiger partial charge in [0.15, 0.2) is 0 Å². The molecule has 0 radical (unpaired) electrons. The highest BCUT2D eigenvalue weighted by Gasteiger charge is 2.24. The SMILES string of the molecule is COc1ccc(C(CNC(=O)CCC2CCNCC2)N2CCCC2)cc1. The van der Waals surface area contributed by atoms with Gasteiger partial charge in [0.05, 0.1) is 13.2 Å². The number of nitrogens with one attached hydrogen (secondary N) is 2. The van der Waals surface area contributed by atoms with Crippen LogP contribution in [-0.2, 0) is 4.79 Å². The molecule has 2 aliphatic rings. The van der Waals surface area contributed by atoms with Crippen LogP contribution in [0.5, 0.6) is 5.75 Å². The van der Waals surface area contributed by atoms with Gasteiger partial charge in [-0.25, -0.2) is 0 Å². The monoisotopic (exact) mass is 359 g/mol. The van der Waals surface area contributed by atoms with Crippen LogP contribution in [0.15, 0.2) is 24.3 Å². The average molecular weight is 360 g/mol. The highest BCUT2D eigenvalue weighted by molar-refractivity contribution is 5.75. The first-order valence-electron chi connectivity index (χ1n) is 10.1. The zero-order valence-electron chi connectivity index (χ0n) is 16.0. The standard InChI is InChI=1S/C21H33N3O2/c1-26-19-7-5-18(6-8-19)20(24-14-2-3-15-24)16-23-21(25)9-4-17-10-12-22-13-11-17/h5-8,17,20,22H,2-4,9-16H2,1H3,(H,23,25). The summed E-state index contributed by atoms with van der Waals surface area (Å²) < 4.78 is 5.27. The zero-order valence-corrected chi connectivity index (χ0v) is 16.0. The highest BCUT2D eigenvalue weighted by Crippen LogP contribution is 2.26. The molecule has 0 aromatic heterocycles. The molecule has 1 amide bonds. The second-order valence-corrected chi connectivity index (χ2v) is 7.57. The molecule has 2 heterocycles. The van der Waals surface area contributed by atoms with Crippen molar-refractivity contribution in [1.29, 1.82) is 0 Å². The number of methoxy groups -OCH3 is 1. The van der Waals surface area contributed by atoms with Gasteiger partial charge in [0.25, 0.3) is 0 Å². The van der Waals surface area contributed by atoms with Crippen LogP contribution in [0.1, 0.15) is 50.1 Å². The molecule has 5 heteroatoms. The van der Waals surface area contributed by atoms with Crippen molar-refractivity contribution in [3.05, 3.63) is 29.8 Å². The molecule has 2 N–H and O–H groups in total. The third-order valence-corrected chi connectivity index (χ3v) is 5.81. The zero-order chi connectivity index (χ0) is 18.2. The van der Waals surface area contributed by atoms with Gasteiger partial charge in [-0.1, -0.05) is 12.1 Å². The number of nitrogens with zero attached hydrogens (tertiary/aromatic N) is 1. The number of hydrogen-bond donors (Lipinski definition) is 2. The fourth-order valence-corrected chi connectivity index (χ4v) is 4.14. The van der Waals surface area contributed by atoms with Crippen molar-refractivity contribution in [3.8, 4) is 5.75 Å². The summed E-state index contributed by atoms with van der Waals surface area (Å²) in [5.41, 5.74) is 1.26. The van der Waals surface area contributed by atoms with E-state index in [2.05, 4.69) is 27.7 Å². The summed E-state index contributed by atoms with van der Waals surface area (Å²) in [7, 11) is 1.69. The van der Waals surface area contributed by atoms with Gasteiger partial charge in [0.2, 0.25) is 5.91 Å². The second kappa shape index (κ2) is 9.93. The summed E-state index contributed by atoms with van der Waals surface area (Å²) in [4.78, 5) is 14.9. The molecule has 1 unspecified atom stereocenters. The Kier molecular flexibility index (Phi) is 7.32. The van der Waals surface area contributed by atoms with Crippen molar-refractivity contribution in [1.82, 2.24) is 15.5 Å². The molecule has 144 valence electrons. The number of carbonyl (C=O) groups excluding carboxylic acids is 1. The summed E-state index contributed by atoms with van der Waals surface area (Å²) in [5.74, 6) is 1.78. The lowest BCUT2D eigenvalue weighted by atomic mass is 9.93. The van der Waals surface area contributed by atoms with Gasteiger partial charge < -0.3 is 15.4 Å². The maximum absolute atomic E-state index is 12.4. The highest BCUT2D eigenvalue weighted by atomic mass is 16.5. The van der Waals surface area contributed by atoms with Crippen molar-refractivity contribution in [2.24, 2.45) is 5.92 Å². The Morgan fingerprint density at radius 1 is 1.23 bits per heavy atom. The van der Waals surface area contributed by atoms with Gasteiger partial charge in [0, 0.05) is 13.0 Å². The van der Waals surface area contributed by atoms with E-state index >= 15 is 0 Å². The smallest absolute Gasteiger partial charge is 0.220 e. The quantitative estimate of drug-likeness (QED) is 0.749. The fourth-order valence-electron chi connectivity index (χ4n) is 4.14. The summed E-state index contributed by atoms with van der Waals surface area (Å²) in [6, 6.07) is 8.53. The van der Waals surface area contributed by atoms with Crippen LogP contribution in [0.3, 0.4) is 0 Å². The first-order valence-corrected chi connectivity index (χ1v) is 10.1. The Bertz CT molecular complexity index is 549. The number of hydrogen-bond acceptors (Lipinski definition) is 4. The third-order valence-electron chi connectivity index (χ3n) is 5.81. The van der Waals surface area contributed by atoms with Gasteiger partial charge in [-0.05, 0) is 81.9 Å². The Balaban J connectivity index is 1.52. The van der Waals surface area contributed by atoms with E-state index in [0.29, 0.717) is 18.9 Å². The molecule has 0 saturated carbocycles. The molecule has 1 aromatic rings. The van der Waals surface area contributed by atoms with E-state index in [1.165, 1.54) is 31.2 Å². The Labute approximate surface area is 157 Å². The molecule has 2 aliphatic heterocycles. The van der Waals surface area contributed by atoms with Crippen LogP contribution in [-0.4, -0.2) is 50.6 Å². The molecule has 1 aromatic carbocycles. The minimum absolute atomic E-state index is 0.196. The van der Waals surface area contributed by atoms with Crippen LogP contribution < -0.4 is 15.4 Å². The van der Waals surface area contributed by atoms with Crippen molar-refractivity contribution in [2.75, 3.05) is 39.8 Å². The van der Waals surface area contributed by atoms with Gasteiger partial charge in [-0.3, -0.25) is 9.69 Å². The number of ether oxygens (including phenoxy) is 1. The lowest BCUT2D eigenvalue weighted by Crippen LogP contribution is -2.37. The normalized spacial score (nSPS) is 20.0. The van der Waals surface area contributed by atoms with Crippen LogP contribution in [0.25, 0.3) is 0 Å². The molecular formula is C21H33N3O2. The number of rotatable bonds is 8. The van der Waals surface area contributed by atoms with E-state index < -0.39 is 0 Å². The van der Waals surface area contributed by atoms with Crippen molar-refractivity contribution in [2.45, 2.75) is 44.6 Å². The van der Waals surface area contributed by atoms with Crippen LogP contribution in [0.2, 0.25) is 0 Å². The maximum atomic E-state index is 12.4. The van der Waals surface area contributed by atoms with Gasteiger partial charge >= 0.3 is 0 Å². The first kappa shape index (κ1) is 19.2. The molecule has 2 fully saturated rings. The first-order chi connectivity index (χ1) is 12.8. The molecule has 0 bridgehead atoms. The van der Waals surface area contributed by atoms with E-state index in [1.54, 1.807) is 7.11 Å². The number of likely N-dealkylation sites (tertiary alicyclic amines) is 1. The molecule has 1 atom stereocenters. The van der Waals surface area contributed by atoms with Crippen LogP contribution in [0.4, 0.5) is 0 Å². The summed E-state index contributed by atoms with van der Waals surface area (Å²) in [6.07, 6.45) is 6.57. The van der Waals surface area contributed by atoms with Crippen LogP contribution in [0, 0.1) is 5.92 Å². The molecule has 0 aliphatic carbocycles. The lowest BCUT2D eigenvalue weighted by Gasteiger charge is -2.28. The molecule has 5 nitrogen and oxygen atoms in total. The van der Waals surface area contributed by atoms with E-state index in [1.807, 2.05) is 12.1 Å². The molecular weight excluding hydrogens is 326 g/mol. The maximum Gasteiger partial charge on any atom is 0.220 e. The average Bonchev–Trinajstić information content (AvgIpc) is 3.22. The van der Waals surface area contributed by atoms with Gasteiger partial charge in [0.1, 0.15) is 5.75 Å². The van der Waals surface area contributed by atoms with E-state index in [0.717, 1.165) is 38.3 Å². The Morgan fingerprint density at radius 3 is 2.58 bits per heavy atom.